The minimum Gasteiger partial charge on any atom is -0.240 e. The van der Waals surface area contributed by atoms with Gasteiger partial charge in [-0.05, 0) is 61.1 Å². The number of benzene rings is 1. The van der Waals surface area contributed by atoms with Crippen LogP contribution in [-0.4, -0.2) is 4.98 Å². The molecule has 0 unspecified atom stereocenters. The number of hydrogen-bond acceptors (Lipinski definition) is 2. The summed E-state index contributed by atoms with van der Waals surface area (Å²) in [6.07, 6.45) is 5.86. The first-order valence-electron chi connectivity index (χ1n) is 9.00. The lowest BCUT2D eigenvalue weighted by atomic mass is 9.59. The van der Waals surface area contributed by atoms with Crippen molar-refractivity contribution in [1.29, 1.82) is 0 Å². The Morgan fingerprint density at radius 2 is 2.04 bits per heavy atom. The first kappa shape index (κ1) is 17.1. The Balaban J connectivity index is 1.78. The fourth-order valence-corrected chi connectivity index (χ4v) is 5.73. The van der Waals surface area contributed by atoms with Gasteiger partial charge in [-0.2, -0.15) is 0 Å². The highest BCUT2D eigenvalue weighted by Crippen LogP contribution is 2.57. The summed E-state index contributed by atoms with van der Waals surface area (Å²) in [5.41, 5.74) is 5.52. The smallest absolute Gasteiger partial charge is 0.124 e. The minimum absolute atomic E-state index is 0.235. The molecule has 1 aromatic heterocycles. The second-order valence-electron chi connectivity index (χ2n) is 7.93. The Hall–Kier alpha value is -1.38. The Labute approximate surface area is 159 Å². The second kappa shape index (κ2) is 6.10. The van der Waals surface area contributed by atoms with E-state index >= 15 is 0 Å². The van der Waals surface area contributed by atoms with Crippen molar-refractivity contribution in [2.45, 2.75) is 40.0 Å². The van der Waals surface area contributed by atoms with Crippen LogP contribution in [-0.2, 0) is 6.42 Å². The lowest BCUT2D eigenvalue weighted by Gasteiger charge is -2.46. The number of rotatable bonds is 2. The van der Waals surface area contributed by atoms with Gasteiger partial charge in [0, 0.05) is 10.6 Å². The first-order valence-corrected chi connectivity index (χ1v) is 10.2. The van der Waals surface area contributed by atoms with Gasteiger partial charge in [0.1, 0.15) is 5.01 Å². The molecule has 0 saturated heterocycles. The molecule has 0 aliphatic heterocycles. The van der Waals surface area contributed by atoms with E-state index in [0.29, 0.717) is 11.8 Å². The monoisotopic (exact) mass is 369 g/mol. The van der Waals surface area contributed by atoms with Crippen LogP contribution < -0.4 is 0 Å². The second-order valence-corrected chi connectivity index (χ2v) is 9.36. The molecule has 3 atom stereocenters. The van der Waals surface area contributed by atoms with E-state index in [1.807, 2.05) is 23.5 Å². The molecule has 0 N–H and O–H groups in total. The molecule has 0 saturated carbocycles. The van der Waals surface area contributed by atoms with Crippen LogP contribution >= 0.6 is 22.9 Å². The zero-order chi connectivity index (χ0) is 17.8. The van der Waals surface area contributed by atoms with E-state index in [1.165, 1.54) is 28.1 Å². The number of allylic oxidation sites excluding steroid dienone is 3. The van der Waals surface area contributed by atoms with Gasteiger partial charge in [-0.15, -0.1) is 11.3 Å². The van der Waals surface area contributed by atoms with E-state index in [2.05, 4.69) is 45.6 Å². The molecule has 1 aromatic carbocycles. The molecular weight excluding hydrogens is 346 g/mol. The van der Waals surface area contributed by atoms with Gasteiger partial charge >= 0.3 is 0 Å². The fourth-order valence-electron chi connectivity index (χ4n) is 4.32. The maximum absolute atomic E-state index is 6.03. The normalized spacial score (nSPS) is 28.1. The standard InChI is InChI=1S/C22H24ClNS/c1-13(2)16-7-10-18-20-19(11-14(3)22(18,4)12-16)24-21(25-20)15-5-8-17(23)9-6-15/h5-6,8-10,14,16H,1,7,11-12H2,2-4H3/t14-,16-,22+/m1/s1. The van der Waals surface area contributed by atoms with E-state index in [1.54, 1.807) is 0 Å². The largest absolute Gasteiger partial charge is 0.240 e. The third-order valence-electron chi connectivity index (χ3n) is 6.21. The third-order valence-corrected chi connectivity index (χ3v) is 7.64. The van der Waals surface area contributed by atoms with Crippen LogP contribution in [0.2, 0.25) is 5.02 Å². The van der Waals surface area contributed by atoms with Gasteiger partial charge in [-0.3, -0.25) is 0 Å². The van der Waals surface area contributed by atoms with Crippen LogP contribution in [0.3, 0.4) is 0 Å². The molecule has 0 amide bonds. The zero-order valence-electron chi connectivity index (χ0n) is 15.1. The topological polar surface area (TPSA) is 12.9 Å². The molecule has 0 spiro atoms. The van der Waals surface area contributed by atoms with Crippen LogP contribution in [0.25, 0.3) is 16.1 Å². The first-order chi connectivity index (χ1) is 11.9. The lowest BCUT2D eigenvalue weighted by molar-refractivity contribution is 0.217. The van der Waals surface area contributed by atoms with Crippen molar-refractivity contribution >= 4 is 28.5 Å². The van der Waals surface area contributed by atoms with Crippen LogP contribution in [0.15, 0.2) is 42.5 Å². The summed E-state index contributed by atoms with van der Waals surface area (Å²) in [5, 5.41) is 1.88. The third kappa shape index (κ3) is 2.80. The van der Waals surface area contributed by atoms with Crippen LogP contribution in [0, 0.1) is 17.3 Å². The van der Waals surface area contributed by atoms with Gasteiger partial charge in [0.2, 0.25) is 0 Å². The lowest BCUT2D eigenvalue weighted by Crippen LogP contribution is -2.36. The SMILES string of the molecule is C=C(C)[C@@H]1CC=C2c3sc(-c4ccc(Cl)cc4)nc3C[C@@H](C)[C@]2(C)C1. The van der Waals surface area contributed by atoms with E-state index in [9.17, 15) is 0 Å². The van der Waals surface area contributed by atoms with E-state index in [4.69, 9.17) is 16.6 Å². The van der Waals surface area contributed by atoms with Crippen molar-refractivity contribution in [1.82, 2.24) is 4.98 Å². The molecule has 3 heteroatoms. The van der Waals surface area contributed by atoms with Crippen LogP contribution in [0.1, 0.15) is 44.2 Å². The van der Waals surface area contributed by atoms with Gasteiger partial charge in [0.05, 0.1) is 10.6 Å². The zero-order valence-corrected chi connectivity index (χ0v) is 16.7. The highest BCUT2D eigenvalue weighted by Gasteiger charge is 2.45. The average Bonchev–Trinajstić information content (AvgIpc) is 2.99. The number of aromatic nitrogens is 1. The van der Waals surface area contributed by atoms with E-state index in [0.717, 1.165) is 28.4 Å². The summed E-state index contributed by atoms with van der Waals surface area (Å²) in [6.45, 7) is 11.2. The summed E-state index contributed by atoms with van der Waals surface area (Å²) in [4.78, 5) is 6.40. The number of halogens is 1. The number of thiazole rings is 1. The van der Waals surface area contributed by atoms with Crippen molar-refractivity contribution in [2.24, 2.45) is 17.3 Å². The van der Waals surface area contributed by atoms with Crippen LogP contribution in [0.4, 0.5) is 0 Å². The van der Waals surface area contributed by atoms with Gasteiger partial charge in [0.15, 0.2) is 0 Å². The molecule has 0 bridgehead atoms. The molecule has 0 radical (unpaired) electrons. The summed E-state index contributed by atoms with van der Waals surface area (Å²) in [6, 6.07) is 8.03. The number of fused-ring (bicyclic) bond motifs is 3. The molecule has 4 rings (SSSR count). The van der Waals surface area contributed by atoms with Gasteiger partial charge in [-0.25, -0.2) is 4.98 Å². The quantitative estimate of drug-likeness (QED) is 0.517. The number of hydrogen-bond donors (Lipinski definition) is 0. The molecule has 130 valence electrons. The van der Waals surface area contributed by atoms with Crippen molar-refractivity contribution < 1.29 is 0 Å². The molecule has 2 aliphatic rings. The van der Waals surface area contributed by atoms with Gasteiger partial charge in [0.25, 0.3) is 0 Å². The molecule has 2 aromatic rings. The van der Waals surface area contributed by atoms with Crippen molar-refractivity contribution in [3.05, 3.63) is 58.1 Å². The Morgan fingerprint density at radius 3 is 2.72 bits per heavy atom. The molecule has 2 aliphatic carbocycles. The van der Waals surface area contributed by atoms with Crippen molar-refractivity contribution in [2.75, 3.05) is 0 Å². The van der Waals surface area contributed by atoms with Crippen LogP contribution in [0.5, 0.6) is 0 Å². The molecule has 25 heavy (non-hydrogen) atoms. The summed E-state index contributed by atoms with van der Waals surface area (Å²) in [5.74, 6) is 1.22. The van der Waals surface area contributed by atoms with Gasteiger partial charge < -0.3 is 0 Å². The van der Waals surface area contributed by atoms with E-state index in [-0.39, 0.29) is 5.41 Å². The summed E-state index contributed by atoms with van der Waals surface area (Å²) in [7, 11) is 0. The highest BCUT2D eigenvalue weighted by molar-refractivity contribution is 7.16. The maximum Gasteiger partial charge on any atom is 0.124 e. The average molecular weight is 370 g/mol. The Bertz CT molecular complexity index is 861. The van der Waals surface area contributed by atoms with Crippen molar-refractivity contribution in [3.8, 4) is 10.6 Å². The Morgan fingerprint density at radius 1 is 1.32 bits per heavy atom. The predicted molar refractivity (Wildman–Crippen MR) is 109 cm³/mol. The maximum atomic E-state index is 6.03. The molecule has 1 heterocycles. The van der Waals surface area contributed by atoms with E-state index < -0.39 is 0 Å². The molecule has 1 nitrogen and oxygen atoms in total. The minimum atomic E-state index is 0.235. The Kier molecular flexibility index (Phi) is 4.16. The molecule has 0 fully saturated rings. The number of nitrogens with zero attached hydrogens (tertiary/aromatic N) is 1. The summed E-state index contributed by atoms with van der Waals surface area (Å²) >= 11 is 7.88. The molecular formula is C22H24ClNS. The van der Waals surface area contributed by atoms with Crippen molar-refractivity contribution in [3.63, 3.8) is 0 Å². The highest BCUT2D eigenvalue weighted by atomic mass is 35.5. The summed E-state index contributed by atoms with van der Waals surface area (Å²) < 4.78 is 0. The van der Waals surface area contributed by atoms with Gasteiger partial charge in [-0.1, -0.05) is 55.8 Å². The fraction of sp³-hybridized carbons (Fsp3) is 0.409. The predicted octanol–water partition coefficient (Wildman–Crippen LogP) is 7.03.